The van der Waals surface area contributed by atoms with Gasteiger partial charge in [-0.2, -0.15) is 0 Å². The van der Waals surface area contributed by atoms with Crippen LogP contribution in [-0.2, 0) is 10.0 Å². The molecule has 0 radical (unpaired) electrons. The molecule has 0 spiro atoms. The fraction of sp³-hybridized carbons (Fsp3) is 0.353. The maximum Gasteiger partial charge on any atom is 0.254 e. The first-order valence-electron chi connectivity index (χ1n) is 8.08. The third kappa shape index (κ3) is 4.02. The number of carbonyl (C=O) groups is 1. The molecule has 0 bridgehead atoms. The first-order chi connectivity index (χ1) is 11.9. The summed E-state index contributed by atoms with van der Waals surface area (Å²) in [5.41, 5.74) is 7.85. The van der Waals surface area contributed by atoms with Crippen molar-refractivity contribution in [2.45, 2.75) is 30.0 Å². The summed E-state index contributed by atoms with van der Waals surface area (Å²) >= 11 is 1.20. The predicted molar refractivity (Wildman–Crippen MR) is 99.2 cm³/mol. The molecule has 0 unspecified atom stereocenters. The lowest BCUT2D eigenvalue weighted by Gasteiger charge is -2.32. The summed E-state index contributed by atoms with van der Waals surface area (Å²) in [6.45, 7) is 2.92. The van der Waals surface area contributed by atoms with Gasteiger partial charge in [0.1, 0.15) is 4.21 Å². The van der Waals surface area contributed by atoms with Crippen molar-refractivity contribution in [1.29, 1.82) is 0 Å². The Morgan fingerprint density at radius 1 is 1.28 bits per heavy atom. The molecule has 25 heavy (non-hydrogen) atoms. The minimum Gasteiger partial charge on any atom is -0.399 e. The van der Waals surface area contributed by atoms with E-state index < -0.39 is 10.0 Å². The minimum absolute atomic E-state index is 0.0515. The van der Waals surface area contributed by atoms with Crippen molar-refractivity contribution in [2.24, 2.45) is 0 Å². The first-order valence-corrected chi connectivity index (χ1v) is 10.4. The van der Waals surface area contributed by atoms with Crippen LogP contribution in [0.2, 0.25) is 0 Å². The van der Waals surface area contributed by atoms with E-state index in [1.54, 1.807) is 34.5 Å². The van der Waals surface area contributed by atoms with E-state index in [0.29, 0.717) is 41.4 Å². The van der Waals surface area contributed by atoms with Gasteiger partial charge in [0.15, 0.2) is 0 Å². The second kappa shape index (κ2) is 7.15. The molecule has 8 heteroatoms. The number of thiophene rings is 1. The number of carbonyl (C=O) groups excluding carboxylic acids is 1. The molecular formula is C17H21N3O3S2. The lowest BCUT2D eigenvalue weighted by Crippen LogP contribution is -2.46. The molecule has 1 fully saturated rings. The number of likely N-dealkylation sites (tertiary alicyclic amines) is 1. The van der Waals surface area contributed by atoms with Crippen LogP contribution in [0.15, 0.2) is 39.9 Å². The molecule has 1 aliphatic rings. The van der Waals surface area contributed by atoms with Crippen LogP contribution >= 0.6 is 11.3 Å². The van der Waals surface area contributed by atoms with Crippen molar-refractivity contribution >= 4 is 33.0 Å². The van der Waals surface area contributed by atoms with Crippen LogP contribution in [0.5, 0.6) is 0 Å². The van der Waals surface area contributed by atoms with E-state index in [2.05, 4.69) is 4.72 Å². The van der Waals surface area contributed by atoms with Gasteiger partial charge in [-0.1, -0.05) is 12.1 Å². The maximum absolute atomic E-state index is 12.7. The Balaban J connectivity index is 1.62. The van der Waals surface area contributed by atoms with E-state index in [4.69, 9.17) is 5.73 Å². The molecule has 6 nitrogen and oxygen atoms in total. The molecule has 2 aromatic rings. The van der Waals surface area contributed by atoms with Crippen LogP contribution in [0, 0.1) is 6.92 Å². The number of benzene rings is 1. The second-order valence-corrected chi connectivity index (χ2v) is 9.08. The monoisotopic (exact) mass is 379 g/mol. The zero-order chi connectivity index (χ0) is 18.0. The lowest BCUT2D eigenvalue weighted by molar-refractivity contribution is 0.0710. The maximum atomic E-state index is 12.7. The number of nitrogen functional groups attached to an aromatic ring is 1. The molecule has 1 aliphatic heterocycles. The quantitative estimate of drug-likeness (QED) is 0.797. The van der Waals surface area contributed by atoms with Crippen LogP contribution in [0.25, 0.3) is 0 Å². The van der Waals surface area contributed by atoms with Crippen molar-refractivity contribution < 1.29 is 13.2 Å². The predicted octanol–water partition coefficient (Wildman–Crippen LogP) is 2.22. The van der Waals surface area contributed by atoms with E-state index in [1.165, 1.54) is 11.3 Å². The fourth-order valence-electron chi connectivity index (χ4n) is 2.93. The van der Waals surface area contributed by atoms with Gasteiger partial charge in [-0.3, -0.25) is 4.79 Å². The standard InChI is InChI=1S/C17H21N3O3S2/c1-12-4-5-13(18)11-15(12)17(21)20-8-6-14(7-9-20)19-25(22,23)16-3-2-10-24-16/h2-5,10-11,14,19H,6-9,18H2,1H3. The lowest BCUT2D eigenvalue weighted by atomic mass is 10.0. The molecular weight excluding hydrogens is 358 g/mol. The van der Waals surface area contributed by atoms with Gasteiger partial charge in [0, 0.05) is 30.4 Å². The normalized spacial score (nSPS) is 16.1. The number of aryl methyl sites for hydroxylation is 1. The van der Waals surface area contributed by atoms with Gasteiger partial charge in [0.05, 0.1) is 0 Å². The summed E-state index contributed by atoms with van der Waals surface area (Å²) in [6, 6.07) is 8.46. The fourth-order valence-corrected chi connectivity index (χ4v) is 5.25. The summed E-state index contributed by atoms with van der Waals surface area (Å²) in [4.78, 5) is 14.4. The van der Waals surface area contributed by atoms with Gasteiger partial charge in [-0.15, -0.1) is 11.3 Å². The number of piperidine rings is 1. The van der Waals surface area contributed by atoms with Crippen LogP contribution in [0.3, 0.4) is 0 Å². The summed E-state index contributed by atoms with van der Waals surface area (Å²) in [5, 5.41) is 1.74. The molecule has 134 valence electrons. The van der Waals surface area contributed by atoms with E-state index in [9.17, 15) is 13.2 Å². The number of hydrogen-bond acceptors (Lipinski definition) is 5. The Labute approximate surface area is 151 Å². The van der Waals surface area contributed by atoms with Crippen LogP contribution in [0.4, 0.5) is 5.69 Å². The van der Waals surface area contributed by atoms with E-state index >= 15 is 0 Å². The largest absolute Gasteiger partial charge is 0.399 e. The van der Waals surface area contributed by atoms with Crippen molar-refractivity contribution in [3.8, 4) is 0 Å². The van der Waals surface area contributed by atoms with Crippen molar-refractivity contribution in [3.63, 3.8) is 0 Å². The third-order valence-electron chi connectivity index (χ3n) is 4.36. The number of nitrogens with zero attached hydrogens (tertiary/aromatic N) is 1. The number of anilines is 1. The van der Waals surface area contributed by atoms with Gasteiger partial charge in [-0.25, -0.2) is 13.1 Å². The Morgan fingerprint density at radius 3 is 2.64 bits per heavy atom. The highest BCUT2D eigenvalue weighted by molar-refractivity contribution is 7.91. The van der Waals surface area contributed by atoms with Gasteiger partial charge in [-0.05, 0) is 48.9 Å². The summed E-state index contributed by atoms with van der Waals surface area (Å²) in [7, 11) is -3.47. The smallest absolute Gasteiger partial charge is 0.254 e. The average Bonchev–Trinajstić information content (AvgIpc) is 3.12. The Bertz CT molecular complexity index is 855. The Morgan fingerprint density at radius 2 is 2.00 bits per heavy atom. The Hall–Kier alpha value is -1.90. The number of nitrogens with two attached hydrogens (primary N) is 1. The van der Waals surface area contributed by atoms with Gasteiger partial charge >= 0.3 is 0 Å². The zero-order valence-corrected chi connectivity index (χ0v) is 15.6. The SMILES string of the molecule is Cc1ccc(N)cc1C(=O)N1CCC(NS(=O)(=O)c2cccs2)CC1. The van der Waals surface area contributed by atoms with E-state index in [0.717, 1.165) is 5.56 Å². The summed E-state index contributed by atoms with van der Waals surface area (Å²) < 4.78 is 27.6. The number of rotatable bonds is 4. The number of nitrogens with one attached hydrogen (secondary N) is 1. The summed E-state index contributed by atoms with van der Waals surface area (Å²) in [5.74, 6) is -0.0515. The number of amides is 1. The number of hydrogen-bond donors (Lipinski definition) is 2. The average molecular weight is 380 g/mol. The van der Waals surface area contributed by atoms with Crippen LogP contribution in [-0.4, -0.2) is 38.4 Å². The van der Waals surface area contributed by atoms with E-state index in [1.807, 2.05) is 13.0 Å². The van der Waals surface area contributed by atoms with Crippen molar-refractivity contribution in [3.05, 3.63) is 46.8 Å². The van der Waals surface area contributed by atoms with Gasteiger partial charge in [0.25, 0.3) is 5.91 Å². The minimum atomic E-state index is -3.47. The molecule has 0 saturated carbocycles. The second-order valence-electron chi connectivity index (χ2n) is 6.19. The van der Waals surface area contributed by atoms with Crippen molar-refractivity contribution in [1.82, 2.24) is 9.62 Å². The third-order valence-corrected chi connectivity index (χ3v) is 7.27. The molecule has 1 aromatic carbocycles. The molecule has 1 amide bonds. The van der Waals surface area contributed by atoms with Crippen LogP contribution < -0.4 is 10.5 Å². The first kappa shape index (κ1) is 17.9. The molecule has 2 heterocycles. The highest BCUT2D eigenvalue weighted by Crippen LogP contribution is 2.21. The Kier molecular flexibility index (Phi) is 5.12. The highest BCUT2D eigenvalue weighted by Gasteiger charge is 2.28. The molecule has 1 saturated heterocycles. The van der Waals surface area contributed by atoms with Gasteiger partial charge < -0.3 is 10.6 Å². The number of sulfonamides is 1. The van der Waals surface area contributed by atoms with Crippen molar-refractivity contribution in [2.75, 3.05) is 18.8 Å². The molecule has 3 N–H and O–H groups in total. The van der Waals surface area contributed by atoms with Gasteiger partial charge in [0.2, 0.25) is 10.0 Å². The molecule has 1 aromatic heterocycles. The molecule has 0 aliphatic carbocycles. The highest BCUT2D eigenvalue weighted by atomic mass is 32.2. The van der Waals surface area contributed by atoms with Crippen LogP contribution in [0.1, 0.15) is 28.8 Å². The topological polar surface area (TPSA) is 92.5 Å². The zero-order valence-electron chi connectivity index (χ0n) is 13.9. The molecule has 3 rings (SSSR count). The summed E-state index contributed by atoms with van der Waals surface area (Å²) in [6.07, 6.45) is 1.19. The van der Waals surface area contributed by atoms with E-state index in [-0.39, 0.29) is 11.9 Å². The molecule has 0 atom stereocenters.